The van der Waals surface area contributed by atoms with Crippen molar-refractivity contribution in [2.45, 2.75) is 6.61 Å². The number of methoxy groups -OCH3 is 1. The van der Waals surface area contributed by atoms with Crippen LogP contribution in [-0.2, 0) is 6.61 Å². The van der Waals surface area contributed by atoms with Gasteiger partial charge in [0.05, 0.1) is 12.8 Å². The molecule has 0 amide bonds. The van der Waals surface area contributed by atoms with Crippen LogP contribution in [0.5, 0.6) is 11.5 Å². The van der Waals surface area contributed by atoms with Gasteiger partial charge in [-0.15, -0.1) is 0 Å². The van der Waals surface area contributed by atoms with Crippen LogP contribution in [0.3, 0.4) is 0 Å². The minimum absolute atomic E-state index is 0.114. The molecule has 2 aromatic rings. The molecule has 3 nitrogen and oxygen atoms in total. The summed E-state index contributed by atoms with van der Waals surface area (Å²) in [5.41, 5.74) is 6.41. The predicted octanol–water partition coefficient (Wildman–Crippen LogP) is 3.41. The smallest absolute Gasteiger partial charge is 0.203 e. The zero-order valence-electron chi connectivity index (χ0n) is 10.9. The third-order valence-corrected chi connectivity index (χ3v) is 2.75. The molecule has 0 saturated heterocycles. The Morgan fingerprint density at radius 3 is 2.14 bits per heavy atom. The molecule has 0 heterocycles. The van der Waals surface area contributed by atoms with Gasteiger partial charge >= 0.3 is 0 Å². The number of ether oxygens (including phenoxy) is 2. The fourth-order valence-corrected chi connectivity index (χ4v) is 1.71. The molecule has 2 rings (SSSR count). The molecular formula is C14H11F4NO2. The Kier molecular flexibility index (Phi) is 4.21. The number of hydrogen-bond donors (Lipinski definition) is 1. The van der Waals surface area contributed by atoms with Crippen LogP contribution in [0, 0.1) is 23.3 Å². The van der Waals surface area contributed by atoms with Gasteiger partial charge in [-0.25, -0.2) is 8.78 Å². The number of nitrogens with two attached hydrogens (primary N) is 1. The summed E-state index contributed by atoms with van der Waals surface area (Å²) in [4.78, 5) is 0. The molecule has 0 unspecified atom stereocenters. The number of hydrogen-bond acceptors (Lipinski definition) is 3. The molecule has 2 N–H and O–H groups in total. The molecule has 0 aliphatic rings. The van der Waals surface area contributed by atoms with E-state index in [1.165, 1.54) is 19.2 Å². The van der Waals surface area contributed by atoms with Crippen molar-refractivity contribution in [3.8, 4) is 11.5 Å². The maximum Gasteiger partial charge on any atom is 0.203 e. The molecular weight excluding hydrogens is 290 g/mol. The molecule has 0 aliphatic carbocycles. The van der Waals surface area contributed by atoms with Gasteiger partial charge in [0.25, 0.3) is 0 Å². The van der Waals surface area contributed by atoms with Gasteiger partial charge in [0.1, 0.15) is 12.4 Å². The summed E-state index contributed by atoms with van der Waals surface area (Å²) in [6.45, 7) is -0.315. The molecule has 0 aromatic heterocycles. The largest absolute Gasteiger partial charge is 0.495 e. The van der Waals surface area contributed by atoms with Crippen LogP contribution in [0.2, 0.25) is 0 Å². The Morgan fingerprint density at radius 2 is 1.62 bits per heavy atom. The van der Waals surface area contributed by atoms with Crippen molar-refractivity contribution in [1.29, 1.82) is 0 Å². The van der Waals surface area contributed by atoms with E-state index in [9.17, 15) is 17.6 Å². The Hall–Kier alpha value is -2.44. The van der Waals surface area contributed by atoms with Crippen LogP contribution in [0.1, 0.15) is 5.56 Å². The lowest BCUT2D eigenvalue weighted by atomic mass is 10.2. The van der Waals surface area contributed by atoms with Crippen molar-refractivity contribution in [3.63, 3.8) is 0 Å². The van der Waals surface area contributed by atoms with Gasteiger partial charge in [0.2, 0.25) is 11.6 Å². The molecule has 7 heteroatoms. The maximum atomic E-state index is 13.4. The standard InChI is InChI=1S/C14H11F4NO2/c1-20-11-3-2-7(4-10(11)19)6-21-14-12(17)8(15)5-9(16)13(14)18/h2-5H,6,19H2,1H3. The molecule has 0 aliphatic heterocycles. The molecule has 0 spiro atoms. The Balaban J connectivity index is 2.22. The SMILES string of the molecule is COc1ccc(COc2c(F)c(F)cc(F)c2F)cc1N. The highest BCUT2D eigenvalue weighted by molar-refractivity contribution is 5.54. The first-order valence-corrected chi connectivity index (χ1v) is 5.82. The van der Waals surface area contributed by atoms with E-state index in [-0.39, 0.29) is 12.7 Å². The fraction of sp³-hybridized carbons (Fsp3) is 0.143. The first-order valence-electron chi connectivity index (χ1n) is 5.82. The quantitative estimate of drug-likeness (QED) is 0.535. The van der Waals surface area contributed by atoms with Gasteiger partial charge in [0.15, 0.2) is 17.4 Å². The van der Waals surface area contributed by atoms with Crippen LogP contribution >= 0.6 is 0 Å². The number of rotatable bonds is 4. The number of halogens is 4. The summed E-state index contributed by atoms with van der Waals surface area (Å²) in [7, 11) is 1.43. The minimum atomic E-state index is -1.59. The first kappa shape index (κ1) is 15.0. The third-order valence-electron chi connectivity index (χ3n) is 2.75. The highest BCUT2D eigenvalue weighted by atomic mass is 19.2. The minimum Gasteiger partial charge on any atom is -0.495 e. The number of benzene rings is 2. The molecule has 0 saturated carbocycles. The van der Waals surface area contributed by atoms with E-state index in [0.29, 0.717) is 17.0 Å². The summed E-state index contributed by atoms with van der Waals surface area (Å²) in [6, 6.07) is 4.65. The van der Waals surface area contributed by atoms with Crippen LogP contribution in [-0.4, -0.2) is 7.11 Å². The van der Waals surface area contributed by atoms with E-state index in [2.05, 4.69) is 0 Å². The van der Waals surface area contributed by atoms with Gasteiger partial charge in [0, 0.05) is 6.07 Å². The topological polar surface area (TPSA) is 44.5 Å². The maximum absolute atomic E-state index is 13.4. The fourth-order valence-electron chi connectivity index (χ4n) is 1.71. The highest BCUT2D eigenvalue weighted by Gasteiger charge is 2.20. The molecule has 112 valence electrons. The summed E-state index contributed by atoms with van der Waals surface area (Å²) in [5.74, 6) is -6.92. The van der Waals surface area contributed by atoms with Gasteiger partial charge < -0.3 is 15.2 Å². The van der Waals surface area contributed by atoms with Crippen LogP contribution in [0.15, 0.2) is 24.3 Å². The first-order chi connectivity index (χ1) is 9.93. The van der Waals surface area contributed by atoms with Crippen molar-refractivity contribution >= 4 is 5.69 Å². The average Bonchev–Trinajstić information content (AvgIpc) is 2.45. The molecule has 0 atom stereocenters. The molecule has 0 bridgehead atoms. The van der Waals surface area contributed by atoms with E-state index in [0.717, 1.165) is 0 Å². The summed E-state index contributed by atoms with van der Waals surface area (Å²) in [5, 5.41) is 0. The van der Waals surface area contributed by atoms with Gasteiger partial charge in [-0.3, -0.25) is 0 Å². The van der Waals surface area contributed by atoms with Gasteiger partial charge in [-0.1, -0.05) is 6.07 Å². The summed E-state index contributed by atoms with van der Waals surface area (Å²) in [6.07, 6.45) is 0. The van der Waals surface area contributed by atoms with Crippen molar-refractivity contribution in [2.24, 2.45) is 0 Å². The Labute approximate surface area is 117 Å². The Bertz CT molecular complexity index is 650. The zero-order chi connectivity index (χ0) is 15.6. The third kappa shape index (κ3) is 3.01. The van der Waals surface area contributed by atoms with Crippen molar-refractivity contribution in [3.05, 3.63) is 53.1 Å². The molecule has 0 fully saturated rings. The highest BCUT2D eigenvalue weighted by Crippen LogP contribution is 2.28. The van der Waals surface area contributed by atoms with Crippen molar-refractivity contribution in [2.75, 3.05) is 12.8 Å². The van der Waals surface area contributed by atoms with Gasteiger partial charge in [-0.2, -0.15) is 8.78 Å². The summed E-state index contributed by atoms with van der Waals surface area (Å²) >= 11 is 0. The van der Waals surface area contributed by atoms with E-state index in [1.54, 1.807) is 6.07 Å². The second kappa shape index (κ2) is 5.90. The van der Waals surface area contributed by atoms with Crippen molar-refractivity contribution in [1.82, 2.24) is 0 Å². The van der Waals surface area contributed by atoms with Crippen LogP contribution in [0.25, 0.3) is 0 Å². The second-order valence-electron chi connectivity index (χ2n) is 4.16. The number of anilines is 1. The van der Waals surface area contributed by atoms with E-state index < -0.39 is 29.0 Å². The van der Waals surface area contributed by atoms with E-state index in [1.807, 2.05) is 0 Å². The average molecular weight is 301 g/mol. The van der Waals surface area contributed by atoms with Gasteiger partial charge in [-0.05, 0) is 17.7 Å². The van der Waals surface area contributed by atoms with E-state index in [4.69, 9.17) is 15.2 Å². The number of nitrogen functional groups attached to an aromatic ring is 1. The zero-order valence-corrected chi connectivity index (χ0v) is 10.9. The Morgan fingerprint density at radius 1 is 1.00 bits per heavy atom. The van der Waals surface area contributed by atoms with Crippen LogP contribution in [0.4, 0.5) is 23.2 Å². The lowest BCUT2D eigenvalue weighted by Gasteiger charge is -2.11. The molecule has 0 radical (unpaired) electrons. The molecule has 21 heavy (non-hydrogen) atoms. The predicted molar refractivity (Wildman–Crippen MR) is 68.0 cm³/mol. The normalized spacial score (nSPS) is 10.5. The van der Waals surface area contributed by atoms with Crippen molar-refractivity contribution < 1.29 is 27.0 Å². The second-order valence-corrected chi connectivity index (χ2v) is 4.16. The monoisotopic (exact) mass is 301 g/mol. The summed E-state index contributed by atoms with van der Waals surface area (Å²) < 4.78 is 62.6. The van der Waals surface area contributed by atoms with Crippen LogP contribution < -0.4 is 15.2 Å². The lowest BCUT2D eigenvalue weighted by molar-refractivity contribution is 0.261. The molecule has 2 aromatic carbocycles. The van der Waals surface area contributed by atoms with E-state index >= 15 is 0 Å². The lowest BCUT2D eigenvalue weighted by Crippen LogP contribution is -2.04.